The Labute approximate surface area is 169 Å². The van der Waals surface area contributed by atoms with E-state index >= 15 is 0 Å². The fourth-order valence-electron chi connectivity index (χ4n) is 4.26. The molecule has 3 rings (SSSR count). The first-order valence-corrected chi connectivity index (χ1v) is 11.5. The van der Waals surface area contributed by atoms with E-state index in [1.807, 2.05) is 11.9 Å². The number of nitrogens with zero attached hydrogens (tertiary/aromatic N) is 2. The van der Waals surface area contributed by atoms with Crippen LogP contribution in [-0.4, -0.2) is 49.7 Å². The number of carbonyl (C=O) groups is 1. The molecule has 1 aromatic rings. The van der Waals surface area contributed by atoms with Crippen LogP contribution in [-0.2, 0) is 21.0 Å². The number of halogens is 3. The highest BCUT2D eigenvalue weighted by Crippen LogP contribution is 2.32. The number of piperidine rings is 1. The highest BCUT2D eigenvalue weighted by Gasteiger charge is 2.36. The first-order valence-electron chi connectivity index (χ1n) is 10.0. The van der Waals surface area contributed by atoms with E-state index in [-0.39, 0.29) is 35.9 Å². The van der Waals surface area contributed by atoms with Crippen LogP contribution in [0.3, 0.4) is 0 Å². The summed E-state index contributed by atoms with van der Waals surface area (Å²) < 4.78 is 65.5. The predicted molar refractivity (Wildman–Crippen MR) is 103 cm³/mol. The number of amides is 1. The molecule has 2 fully saturated rings. The molecular formula is C20H27F3N2O3S. The average Bonchev–Trinajstić information content (AvgIpc) is 2.73. The monoisotopic (exact) mass is 432 g/mol. The van der Waals surface area contributed by atoms with E-state index in [9.17, 15) is 26.4 Å². The van der Waals surface area contributed by atoms with Crippen molar-refractivity contribution in [1.29, 1.82) is 0 Å². The summed E-state index contributed by atoms with van der Waals surface area (Å²) in [5.74, 6) is -0.192. The first kappa shape index (κ1) is 22.1. The lowest BCUT2D eigenvalue weighted by Gasteiger charge is -2.36. The van der Waals surface area contributed by atoms with Gasteiger partial charge in [0, 0.05) is 32.1 Å². The van der Waals surface area contributed by atoms with Crippen molar-refractivity contribution < 1.29 is 26.4 Å². The number of hydrogen-bond acceptors (Lipinski definition) is 3. The Morgan fingerprint density at radius 2 is 1.69 bits per heavy atom. The maximum absolute atomic E-state index is 12.9. The molecule has 0 bridgehead atoms. The first-order chi connectivity index (χ1) is 13.6. The number of rotatable bonds is 4. The van der Waals surface area contributed by atoms with Gasteiger partial charge in [0.2, 0.25) is 15.9 Å². The van der Waals surface area contributed by atoms with Gasteiger partial charge < -0.3 is 4.90 Å². The average molecular weight is 433 g/mol. The highest BCUT2D eigenvalue weighted by atomic mass is 32.2. The Morgan fingerprint density at radius 3 is 2.28 bits per heavy atom. The Bertz CT molecular complexity index is 828. The smallest absolute Gasteiger partial charge is 0.343 e. The normalized spacial score (nSPS) is 20.6. The molecule has 1 amide bonds. The number of alkyl halides is 3. The summed E-state index contributed by atoms with van der Waals surface area (Å²) in [6.07, 6.45) is 1.61. The summed E-state index contributed by atoms with van der Waals surface area (Å²) in [5, 5.41) is 0. The molecule has 0 atom stereocenters. The molecule has 2 aliphatic rings. The van der Waals surface area contributed by atoms with Crippen molar-refractivity contribution in [2.75, 3.05) is 20.1 Å². The Balaban J connectivity index is 1.64. The maximum Gasteiger partial charge on any atom is 0.416 e. The molecule has 1 saturated heterocycles. The topological polar surface area (TPSA) is 57.7 Å². The third kappa shape index (κ3) is 4.94. The molecule has 0 aromatic heterocycles. The molecule has 0 N–H and O–H groups in total. The Morgan fingerprint density at radius 1 is 1.07 bits per heavy atom. The van der Waals surface area contributed by atoms with E-state index in [1.54, 1.807) is 0 Å². The zero-order valence-corrected chi connectivity index (χ0v) is 17.3. The summed E-state index contributed by atoms with van der Waals surface area (Å²) in [6, 6.07) is 4.06. The highest BCUT2D eigenvalue weighted by molar-refractivity contribution is 7.89. The molecule has 29 heavy (non-hydrogen) atoms. The van der Waals surface area contributed by atoms with Crippen molar-refractivity contribution in [1.82, 2.24) is 9.21 Å². The summed E-state index contributed by atoms with van der Waals surface area (Å²) in [7, 11) is -2.20. The number of hydrogen-bond donors (Lipinski definition) is 0. The summed E-state index contributed by atoms with van der Waals surface area (Å²) in [6.45, 7) is 0.265. The standard InChI is InChI=1S/C20H27F3N2O3S/c1-24(17-7-3-2-4-8-17)19(26)15-10-12-25(13-11-15)29(27,28)18-9-5-6-16(14-18)20(21,22)23/h5-6,9,14-15,17H,2-4,7-8,10-13H2,1H3. The molecule has 1 saturated carbocycles. The molecule has 1 aliphatic carbocycles. The third-order valence-electron chi connectivity index (χ3n) is 6.07. The van der Waals surface area contributed by atoms with Gasteiger partial charge in [-0.25, -0.2) is 8.42 Å². The number of carbonyl (C=O) groups excluding carboxylic acids is 1. The molecule has 9 heteroatoms. The fourth-order valence-corrected chi connectivity index (χ4v) is 5.78. The van der Waals surface area contributed by atoms with Gasteiger partial charge in [-0.15, -0.1) is 0 Å². The lowest BCUT2D eigenvalue weighted by atomic mass is 9.91. The number of benzene rings is 1. The molecule has 5 nitrogen and oxygen atoms in total. The molecule has 0 spiro atoms. The van der Waals surface area contributed by atoms with Crippen molar-refractivity contribution in [3.63, 3.8) is 0 Å². The molecular weight excluding hydrogens is 405 g/mol. The van der Waals surface area contributed by atoms with Crippen LogP contribution in [0.25, 0.3) is 0 Å². The van der Waals surface area contributed by atoms with E-state index in [1.165, 1.54) is 16.8 Å². The number of sulfonamides is 1. The lowest BCUT2D eigenvalue weighted by Crippen LogP contribution is -2.46. The van der Waals surface area contributed by atoms with Crippen LogP contribution >= 0.6 is 0 Å². The van der Waals surface area contributed by atoms with Crippen LogP contribution < -0.4 is 0 Å². The summed E-state index contributed by atoms with van der Waals surface area (Å²) >= 11 is 0. The SMILES string of the molecule is CN(C(=O)C1CCN(S(=O)(=O)c2cccc(C(F)(F)F)c2)CC1)C1CCCCC1. The maximum atomic E-state index is 12.9. The van der Waals surface area contributed by atoms with Crippen LogP contribution in [0.15, 0.2) is 29.2 Å². The van der Waals surface area contributed by atoms with Crippen molar-refractivity contribution >= 4 is 15.9 Å². The Hall–Kier alpha value is -1.61. The van der Waals surface area contributed by atoms with Crippen LogP contribution in [0.1, 0.15) is 50.5 Å². The van der Waals surface area contributed by atoms with Crippen LogP contribution in [0, 0.1) is 5.92 Å². The van der Waals surface area contributed by atoms with Gasteiger partial charge in [0.25, 0.3) is 0 Å². The van der Waals surface area contributed by atoms with E-state index < -0.39 is 21.8 Å². The van der Waals surface area contributed by atoms with E-state index in [0.717, 1.165) is 37.8 Å². The van der Waals surface area contributed by atoms with Crippen molar-refractivity contribution in [2.45, 2.75) is 62.1 Å². The van der Waals surface area contributed by atoms with Gasteiger partial charge >= 0.3 is 6.18 Å². The zero-order chi connectivity index (χ0) is 21.2. The quantitative estimate of drug-likeness (QED) is 0.725. The van der Waals surface area contributed by atoms with Crippen molar-refractivity contribution in [3.8, 4) is 0 Å². The van der Waals surface area contributed by atoms with Crippen molar-refractivity contribution in [2.24, 2.45) is 5.92 Å². The van der Waals surface area contributed by atoms with E-state index in [0.29, 0.717) is 18.9 Å². The molecule has 0 unspecified atom stereocenters. The molecule has 162 valence electrons. The summed E-state index contributed by atoms with van der Waals surface area (Å²) in [5.41, 5.74) is -0.988. The van der Waals surface area contributed by atoms with E-state index in [4.69, 9.17) is 0 Å². The van der Waals surface area contributed by atoms with Gasteiger partial charge in [0.1, 0.15) is 0 Å². The van der Waals surface area contributed by atoms with Gasteiger partial charge in [-0.1, -0.05) is 25.3 Å². The predicted octanol–water partition coefficient (Wildman–Crippen LogP) is 3.90. The van der Waals surface area contributed by atoms with Gasteiger partial charge in [0.15, 0.2) is 0 Å². The Kier molecular flexibility index (Phi) is 6.57. The molecule has 1 aromatic carbocycles. The largest absolute Gasteiger partial charge is 0.416 e. The van der Waals surface area contributed by atoms with Gasteiger partial charge in [-0.3, -0.25) is 4.79 Å². The van der Waals surface area contributed by atoms with Gasteiger partial charge in [0.05, 0.1) is 10.5 Å². The van der Waals surface area contributed by atoms with Crippen LogP contribution in [0.2, 0.25) is 0 Å². The molecule has 1 heterocycles. The molecule has 0 radical (unpaired) electrons. The fraction of sp³-hybridized carbons (Fsp3) is 0.650. The van der Waals surface area contributed by atoms with Crippen LogP contribution in [0.5, 0.6) is 0 Å². The van der Waals surface area contributed by atoms with Gasteiger partial charge in [-0.2, -0.15) is 17.5 Å². The van der Waals surface area contributed by atoms with Gasteiger partial charge in [-0.05, 0) is 43.9 Å². The summed E-state index contributed by atoms with van der Waals surface area (Å²) in [4.78, 5) is 14.3. The second kappa shape index (κ2) is 8.63. The third-order valence-corrected chi connectivity index (χ3v) is 7.97. The lowest BCUT2D eigenvalue weighted by molar-refractivity contribution is -0.138. The minimum Gasteiger partial charge on any atom is -0.343 e. The van der Waals surface area contributed by atoms with Crippen molar-refractivity contribution in [3.05, 3.63) is 29.8 Å². The minimum atomic E-state index is -4.60. The van der Waals surface area contributed by atoms with Crippen LogP contribution in [0.4, 0.5) is 13.2 Å². The molecule has 1 aliphatic heterocycles. The minimum absolute atomic E-state index is 0.0491. The second-order valence-electron chi connectivity index (χ2n) is 7.94. The zero-order valence-electron chi connectivity index (χ0n) is 16.5. The second-order valence-corrected chi connectivity index (χ2v) is 9.88. The van der Waals surface area contributed by atoms with E-state index in [2.05, 4.69) is 0 Å².